The van der Waals surface area contributed by atoms with Gasteiger partial charge >= 0.3 is 6.61 Å². The summed E-state index contributed by atoms with van der Waals surface area (Å²) in [6.07, 6.45) is 2.88. The third kappa shape index (κ3) is 2.80. The van der Waals surface area contributed by atoms with Gasteiger partial charge in [-0.1, -0.05) is 0 Å². The normalized spacial score (nSPS) is 23.4. The van der Waals surface area contributed by atoms with Crippen molar-refractivity contribution in [2.24, 2.45) is 0 Å². The quantitative estimate of drug-likeness (QED) is 0.840. The summed E-state index contributed by atoms with van der Waals surface area (Å²) in [4.78, 5) is 17.6. The molecule has 27 heavy (non-hydrogen) atoms. The second-order valence-electron chi connectivity index (χ2n) is 6.83. The Hall–Kier alpha value is -2.75. The molecule has 2 aromatic rings. The van der Waals surface area contributed by atoms with E-state index in [9.17, 15) is 8.78 Å². The molecule has 2 atom stereocenters. The highest BCUT2D eigenvalue weighted by Gasteiger charge is 2.48. The number of nitrogens with two attached hydrogens (primary N) is 1. The molecule has 2 aromatic heterocycles. The van der Waals surface area contributed by atoms with E-state index in [4.69, 9.17) is 15.5 Å². The molecule has 5 rings (SSSR count). The predicted octanol–water partition coefficient (Wildman–Crippen LogP) is 1.52. The van der Waals surface area contributed by atoms with E-state index in [0.717, 1.165) is 31.9 Å². The lowest BCUT2D eigenvalue weighted by Gasteiger charge is -2.55. The number of hydrogen-bond donors (Lipinski definition) is 1. The SMILES string of the molecule is Nc1ncc(-c2cc(N3CC4OC[C@H]43)nc(N3CCC3)n2)cc1OC(F)F. The van der Waals surface area contributed by atoms with Crippen LogP contribution in [-0.4, -0.2) is 60.0 Å². The number of ether oxygens (including phenoxy) is 2. The Labute approximate surface area is 153 Å². The molecule has 2 N–H and O–H groups in total. The first-order valence-corrected chi connectivity index (χ1v) is 8.81. The maximum atomic E-state index is 12.6. The highest BCUT2D eigenvalue weighted by molar-refractivity contribution is 5.68. The van der Waals surface area contributed by atoms with Crippen molar-refractivity contribution >= 4 is 17.6 Å². The second-order valence-corrected chi connectivity index (χ2v) is 6.83. The fourth-order valence-electron chi connectivity index (χ4n) is 3.40. The lowest BCUT2D eigenvalue weighted by Crippen LogP contribution is -2.71. The van der Waals surface area contributed by atoms with Gasteiger partial charge in [-0.05, 0) is 12.5 Å². The number of hydrogen-bond acceptors (Lipinski definition) is 8. The Balaban J connectivity index is 1.52. The van der Waals surface area contributed by atoms with Crippen molar-refractivity contribution in [3.8, 4) is 17.0 Å². The van der Waals surface area contributed by atoms with Crippen molar-refractivity contribution in [3.63, 3.8) is 0 Å². The van der Waals surface area contributed by atoms with Crippen LogP contribution in [0.3, 0.4) is 0 Å². The minimum absolute atomic E-state index is 0.0894. The zero-order valence-corrected chi connectivity index (χ0v) is 14.4. The van der Waals surface area contributed by atoms with Crippen molar-refractivity contribution in [1.29, 1.82) is 0 Å². The van der Waals surface area contributed by atoms with Gasteiger partial charge in [-0.2, -0.15) is 13.8 Å². The van der Waals surface area contributed by atoms with E-state index >= 15 is 0 Å². The fraction of sp³-hybridized carbons (Fsp3) is 0.471. The van der Waals surface area contributed by atoms with Crippen LogP contribution in [-0.2, 0) is 4.74 Å². The average molecular weight is 376 g/mol. The Morgan fingerprint density at radius 3 is 2.70 bits per heavy atom. The van der Waals surface area contributed by atoms with Crippen LogP contribution in [0, 0.1) is 0 Å². The molecular weight excluding hydrogens is 358 g/mol. The highest BCUT2D eigenvalue weighted by atomic mass is 19.3. The van der Waals surface area contributed by atoms with Crippen molar-refractivity contribution in [3.05, 3.63) is 18.3 Å². The number of fused-ring (bicyclic) bond motifs is 1. The molecule has 0 amide bonds. The van der Waals surface area contributed by atoms with Crippen LogP contribution in [0.4, 0.5) is 26.4 Å². The van der Waals surface area contributed by atoms with Gasteiger partial charge in [0.2, 0.25) is 5.95 Å². The molecule has 3 fully saturated rings. The van der Waals surface area contributed by atoms with Gasteiger partial charge in [-0.15, -0.1) is 0 Å². The Morgan fingerprint density at radius 2 is 2.11 bits per heavy atom. The average Bonchev–Trinajstić information content (AvgIpc) is 2.57. The van der Waals surface area contributed by atoms with Crippen molar-refractivity contribution in [2.75, 3.05) is 41.8 Å². The largest absolute Gasteiger partial charge is 0.431 e. The summed E-state index contributed by atoms with van der Waals surface area (Å²) < 4.78 is 35.2. The van der Waals surface area contributed by atoms with Gasteiger partial charge in [0.05, 0.1) is 24.4 Å². The molecule has 8 nitrogen and oxygen atoms in total. The van der Waals surface area contributed by atoms with Crippen molar-refractivity contribution in [1.82, 2.24) is 15.0 Å². The van der Waals surface area contributed by atoms with Gasteiger partial charge in [-0.3, -0.25) is 0 Å². The first kappa shape index (κ1) is 16.4. The summed E-state index contributed by atoms with van der Waals surface area (Å²) in [6, 6.07) is 3.63. The third-order valence-corrected chi connectivity index (χ3v) is 5.21. The second kappa shape index (κ2) is 6.15. The van der Waals surface area contributed by atoms with E-state index in [0.29, 0.717) is 29.9 Å². The summed E-state index contributed by atoms with van der Waals surface area (Å²) in [7, 11) is 0. The standard InChI is InChI=1S/C17H18F2N6O2/c18-16(19)27-12-4-9(6-21-15(12)20)10-5-14(25-7-13-11(25)8-26-13)23-17(22-10)24-2-1-3-24/h4-6,11,13,16H,1-3,7-8H2,(H2,20,21)/t11-,13?/m1/s1. The summed E-state index contributed by atoms with van der Waals surface area (Å²) in [5, 5.41) is 0. The zero-order chi connectivity index (χ0) is 18.5. The molecule has 0 bridgehead atoms. The molecule has 142 valence electrons. The van der Waals surface area contributed by atoms with Gasteiger partial charge in [0.25, 0.3) is 0 Å². The van der Waals surface area contributed by atoms with E-state index in [1.807, 2.05) is 6.07 Å². The van der Waals surface area contributed by atoms with Gasteiger partial charge in [0.1, 0.15) is 5.82 Å². The summed E-state index contributed by atoms with van der Waals surface area (Å²) in [5.41, 5.74) is 6.78. The lowest BCUT2D eigenvalue weighted by atomic mass is 9.95. The topological polar surface area (TPSA) is 89.6 Å². The number of rotatable bonds is 5. The predicted molar refractivity (Wildman–Crippen MR) is 94.0 cm³/mol. The zero-order valence-electron chi connectivity index (χ0n) is 14.4. The molecule has 3 saturated heterocycles. The number of nitrogens with zero attached hydrogens (tertiary/aromatic N) is 5. The van der Waals surface area contributed by atoms with Crippen molar-refractivity contribution < 1.29 is 18.3 Å². The number of alkyl halides is 2. The molecule has 0 aromatic carbocycles. The molecule has 3 aliphatic heterocycles. The smallest absolute Gasteiger partial charge is 0.387 e. The van der Waals surface area contributed by atoms with Gasteiger partial charge in [0, 0.05) is 37.5 Å². The number of pyridine rings is 1. The third-order valence-electron chi connectivity index (χ3n) is 5.21. The van der Waals surface area contributed by atoms with E-state index in [2.05, 4.69) is 24.5 Å². The first-order chi connectivity index (χ1) is 13.1. The van der Waals surface area contributed by atoms with Crippen LogP contribution in [0.1, 0.15) is 6.42 Å². The fourth-order valence-corrected chi connectivity index (χ4v) is 3.40. The van der Waals surface area contributed by atoms with Crippen LogP contribution in [0.15, 0.2) is 18.3 Å². The molecule has 0 spiro atoms. The number of halogens is 2. The molecular formula is C17H18F2N6O2. The molecule has 0 radical (unpaired) electrons. The van der Waals surface area contributed by atoms with Gasteiger partial charge in [0.15, 0.2) is 11.6 Å². The van der Waals surface area contributed by atoms with Crippen LogP contribution in [0.5, 0.6) is 5.75 Å². The molecule has 0 aliphatic carbocycles. The van der Waals surface area contributed by atoms with Crippen LogP contribution >= 0.6 is 0 Å². The highest BCUT2D eigenvalue weighted by Crippen LogP contribution is 2.37. The molecule has 1 unspecified atom stereocenters. The summed E-state index contributed by atoms with van der Waals surface area (Å²) in [5.74, 6) is 1.18. The molecule has 3 aliphatic rings. The molecule has 10 heteroatoms. The Morgan fingerprint density at radius 1 is 1.26 bits per heavy atom. The van der Waals surface area contributed by atoms with E-state index in [1.54, 1.807) is 0 Å². The van der Waals surface area contributed by atoms with Gasteiger partial charge < -0.3 is 25.0 Å². The Bertz CT molecular complexity index is 878. The Kier molecular flexibility index (Phi) is 3.74. The van der Waals surface area contributed by atoms with E-state index in [1.165, 1.54) is 12.3 Å². The van der Waals surface area contributed by atoms with Crippen molar-refractivity contribution in [2.45, 2.75) is 25.2 Å². The summed E-state index contributed by atoms with van der Waals surface area (Å²) in [6.45, 7) is 0.313. The van der Waals surface area contributed by atoms with E-state index < -0.39 is 6.61 Å². The lowest BCUT2D eigenvalue weighted by molar-refractivity contribution is -0.113. The minimum atomic E-state index is -2.97. The number of aromatic nitrogens is 3. The van der Waals surface area contributed by atoms with Crippen LogP contribution < -0.4 is 20.3 Å². The minimum Gasteiger partial charge on any atom is -0.431 e. The van der Waals surface area contributed by atoms with Crippen LogP contribution in [0.25, 0.3) is 11.3 Å². The first-order valence-electron chi connectivity index (χ1n) is 8.81. The molecule has 0 saturated carbocycles. The number of nitrogen functional groups attached to an aromatic ring is 1. The van der Waals surface area contributed by atoms with E-state index in [-0.39, 0.29) is 17.7 Å². The number of anilines is 3. The van der Waals surface area contributed by atoms with Gasteiger partial charge in [-0.25, -0.2) is 9.97 Å². The maximum absolute atomic E-state index is 12.6. The monoisotopic (exact) mass is 376 g/mol. The van der Waals surface area contributed by atoms with Crippen LogP contribution in [0.2, 0.25) is 0 Å². The number of morpholine rings is 1. The maximum Gasteiger partial charge on any atom is 0.387 e. The summed E-state index contributed by atoms with van der Waals surface area (Å²) >= 11 is 0. The molecule has 5 heterocycles.